The highest BCUT2D eigenvalue weighted by Gasteiger charge is 2.03. The van der Waals surface area contributed by atoms with E-state index in [0.717, 1.165) is 12.1 Å². The Morgan fingerprint density at radius 1 is 1.62 bits per heavy atom. The van der Waals surface area contributed by atoms with Crippen LogP contribution in [-0.2, 0) is 4.79 Å². The first-order chi connectivity index (χ1) is 6.13. The molecule has 13 heavy (non-hydrogen) atoms. The molecular weight excluding hydrogens is 168 g/mol. The number of benzene rings is 1. The van der Waals surface area contributed by atoms with Crippen molar-refractivity contribution < 1.29 is 9.18 Å². The highest BCUT2D eigenvalue weighted by molar-refractivity contribution is 6.32. The van der Waals surface area contributed by atoms with Crippen molar-refractivity contribution in [1.82, 2.24) is 0 Å². The number of amides is 1. The van der Waals surface area contributed by atoms with E-state index >= 15 is 0 Å². The Morgan fingerprint density at radius 2 is 2.31 bits per heavy atom. The largest absolute Gasteiger partial charge is 0.320 e. The average molecular weight is 175 g/mol. The van der Waals surface area contributed by atoms with Crippen LogP contribution in [0.3, 0.4) is 0 Å². The van der Waals surface area contributed by atoms with Crippen molar-refractivity contribution in [3.8, 4) is 0 Å². The molecule has 0 saturated carbocycles. The van der Waals surface area contributed by atoms with Crippen molar-refractivity contribution in [2.24, 2.45) is 0 Å². The Kier molecular flexibility index (Phi) is 2.85. The molecule has 1 amide bonds. The fourth-order valence-electron chi connectivity index (χ4n) is 0.816. The summed E-state index contributed by atoms with van der Waals surface area (Å²) in [6.07, 6.45) is 1.07. The molecule has 0 heterocycles. The van der Waals surface area contributed by atoms with E-state index in [9.17, 15) is 9.18 Å². The van der Waals surface area contributed by atoms with Gasteiger partial charge in [0.15, 0.2) is 0 Å². The summed E-state index contributed by atoms with van der Waals surface area (Å²) in [6.45, 7) is 3.24. The zero-order chi connectivity index (χ0) is 9.84. The van der Waals surface area contributed by atoms with Crippen LogP contribution in [-0.4, -0.2) is 13.8 Å². The molecule has 0 aromatic heterocycles. The van der Waals surface area contributed by atoms with E-state index in [1.165, 1.54) is 12.1 Å². The maximum Gasteiger partial charge on any atom is 0.247 e. The normalized spacial score (nSPS) is 9.31. The molecule has 0 fully saturated rings. The van der Waals surface area contributed by atoms with Crippen LogP contribution < -0.4 is 10.8 Å². The van der Waals surface area contributed by atoms with Crippen molar-refractivity contribution in [1.29, 1.82) is 0 Å². The van der Waals surface area contributed by atoms with E-state index in [4.69, 9.17) is 7.85 Å². The first-order valence-electron chi connectivity index (χ1n) is 3.62. The van der Waals surface area contributed by atoms with Crippen LogP contribution in [0.25, 0.3) is 0 Å². The summed E-state index contributed by atoms with van der Waals surface area (Å²) in [6, 6.07) is 4.03. The fraction of sp³-hybridized carbons (Fsp3) is 0. The third-order valence-electron chi connectivity index (χ3n) is 1.44. The number of hydrogen-bond acceptors (Lipinski definition) is 1. The number of halogens is 1. The lowest BCUT2D eigenvalue weighted by molar-refractivity contribution is -0.111. The van der Waals surface area contributed by atoms with Crippen molar-refractivity contribution in [2.45, 2.75) is 0 Å². The van der Waals surface area contributed by atoms with Crippen LogP contribution in [0.15, 0.2) is 30.9 Å². The van der Waals surface area contributed by atoms with Crippen molar-refractivity contribution in [3.63, 3.8) is 0 Å². The molecule has 0 saturated heterocycles. The first kappa shape index (κ1) is 9.51. The maximum atomic E-state index is 13.0. The second-order valence-corrected chi connectivity index (χ2v) is 2.43. The van der Waals surface area contributed by atoms with Crippen molar-refractivity contribution in [2.75, 3.05) is 5.32 Å². The van der Waals surface area contributed by atoms with Gasteiger partial charge in [-0.3, -0.25) is 4.79 Å². The minimum Gasteiger partial charge on any atom is -0.320 e. The summed E-state index contributed by atoms with van der Waals surface area (Å²) < 4.78 is 13.0. The molecule has 2 radical (unpaired) electrons. The first-order valence-corrected chi connectivity index (χ1v) is 3.62. The smallest absolute Gasteiger partial charge is 0.247 e. The quantitative estimate of drug-likeness (QED) is 0.521. The fourth-order valence-corrected chi connectivity index (χ4v) is 0.816. The van der Waals surface area contributed by atoms with Gasteiger partial charge in [0.2, 0.25) is 5.91 Å². The summed E-state index contributed by atoms with van der Waals surface area (Å²) in [5.41, 5.74) is 0.410. The van der Waals surface area contributed by atoms with E-state index in [2.05, 4.69) is 11.9 Å². The van der Waals surface area contributed by atoms with Crippen molar-refractivity contribution in [3.05, 3.63) is 36.7 Å². The molecule has 0 aliphatic heterocycles. The third-order valence-corrected chi connectivity index (χ3v) is 1.44. The van der Waals surface area contributed by atoms with E-state index in [-0.39, 0.29) is 5.69 Å². The molecule has 0 aliphatic carbocycles. The number of nitrogens with one attached hydrogen (secondary N) is 1. The minimum absolute atomic E-state index is 0.0964. The van der Waals surface area contributed by atoms with Crippen LogP contribution in [0.5, 0.6) is 0 Å². The lowest BCUT2D eigenvalue weighted by Gasteiger charge is -2.03. The summed E-state index contributed by atoms with van der Waals surface area (Å²) in [4.78, 5) is 10.8. The van der Waals surface area contributed by atoms with Gasteiger partial charge in [0.25, 0.3) is 0 Å². The maximum absolute atomic E-state index is 13.0. The second-order valence-electron chi connectivity index (χ2n) is 2.43. The average Bonchev–Trinajstić information content (AvgIpc) is 2.09. The summed E-state index contributed by atoms with van der Waals surface area (Å²) in [5.74, 6) is -1.01. The Bertz CT molecular complexity index is 351. The molecule has 64 valence electrons. The number of hydrogen-bond donors (Lipinski definition) is 1. The molecule has 1 aromatic carbocycles. The highest BCUT2D eigenvalue weighted by atomic mass is 19.1. The molecule has 0 atom stereocenters. The van der Waals surface area contributed by atoms with Gasteiger partial charge in [-0.2, -0.15) is 0 Å². The predicted octanol–water partition coefficient (Wildman–Crippen LogP) is 0.744. The molecule has 2 nitrogen and oxygen atoms in total. The molecule has 1 N–H and O–H groups in total. The SMILES string of the molecule is [B]c1ccc(NC(=O)C=C)c(F)c1. The Labute approximate surface area is 76.9 Å². The van der Waals surface area contributed by atoms with Gasteiger partial charge < -0.3 is 5.32 Å². The van der Waals surface area contributed by atoms with E-state index < -0.39 is 11.7 Å². The Balaban J connectivity index is 2.89. The predicted molar refractivity (Wildman–Crippen MR) is 50.6 cm³/mol. The van der Waals surface area contributed by atoms with Gasteiger partial charge in [0.05, 0.1) is 5.69 Å². The van der Waals surface area contributed by atoms with Crippen LogP contribution >= 0.6 is 0 Å². The number of carbonyl (C=O) groups excluding carboxylic acids is 1. The molecule has 1 aromatic rings. The van der Waals surface area contributed by atoms with Crippen LogP contribution in [0, 0.1) is 5.82 Å². The topological polar surface area (TPSA) is 29.1 Å². The van der Waals surface area contributed by atoms with E-state index in [0.29, 0.717) is 5.46 Å². The van der Waals surface area contributed by atoms with E-state index in [1.807, 2.05) is 0 Å². The van der Waals surface area contributed by atoms with Gasteiger partial charge in [0.1, 0.15) is 13.7 Å². The van der Waals surface area contributed by atoms with Crippen LogP contribution in [0.4, 0.5) is 10.1 Å². The number of anilines is 1. The van der Waals surface area contributed by atoms with Gasteiger partial charge in [0, 0.05) is 0 Å². The Morgan fingerprint density at radius 3 is 2.85 bits per heavy atom. The molecule has 0 spiro atoms. The molecule has 4 heteroatoms. The summed E-state index contributed by atoms with van der Waals surface area (Å²) in [7, 11) is 5.32. The molecule has 0 unspecified atom stereocenters. The molecule has 0 aliphatic rings. The van der Waals surface area contributed by atoms with Gasteiger partial charge in [-0.15, -0.1) is 0 Å². The van der Waals surface area contributed by atoms with Gasteiger partial charge >= 0.3 is 0 Å². The molecule has 0 bridgehead atoms. The lowest BCUT2D eigenvalue weighted by Crippen LogP contribution is -2.11. The summed E-state index contributed by atoms with van der Waals surface area (Å²) in [5, 5.41) is 2.30. The zero-order valence-electron chi connectivity index (χ0n) is 6.88. The highest BCUT2D eigenvalue weighted by Crippen LogP contribution is 2.10. The molecular formula is C9H7BFNO. The van der Waals surface area contributed by atoms with E-state index in [1.54, 1.807) is 0 Å². The molecule has 1 rings (SSSR count). The van der Waals surface area contributed by atoms with Crippen molar-refractivity contribution >= 4 is 24.9 Å². The minimum atomic E-state index is -0.560. The Hall–Kier alpha value is -1.58. The number of rotatable bonds is 2. The standard InChI is InChI=1S/C9H7BFNO/c1-2-9(13)12-8-4-3-6(10)5-7(8)11/h2-5H,1H2,(H,12,13). The number of carbonyl (C=O) groups is 1. The monoisotopic (exact) mass is 175 g/mol. The zero-order valence-corrected chi connectivity index (χ0v) is 6.88. The lowest BCUT2D eigenvalue weighted by atomic mass is 9.96. The second kappa shape index (κ2) is 3.89. The van der Waals surface area contributed by atoms with Gasteiger partial charge in [-0.1, -0.05) is 18.1 Å². The third kappa shape index (κ3) is 2.44. The van der Waals surface area contributed by atoms with Crippen LogP contribution in [0.1, 0.15) is 0 Å². The summed E-state index contributed by atoms with van der Waals surface area (Å²) >= 11 is 0. The van der Waals surface area contributed by atoms with Crippen LogP contribution in [0.2, 0.25) is 0 Å². The van der Waals surface area contributed by atoms with Gasteiger partial charge in [-0.05, 0) is 18.2 Å². The van der Waals surface area contributed by atoms with Gasteiger partial charge in [-0.25, -0.2) is 4.39 Å².